The maximum absolute atomic E-state index is 14.4. The number of anilines is 1. The van der Waals surface area contributed by atoms with Crippen molar-refractivity contribution in [1.82, 2.24) is 30.2 Å². The number of methoxy groups -OCH3 is 2. The summed E-state index contributed by atoms with van der Waals surface area (Å²) in [4.78, 5) is 22.7. The van der Waals surface area contributed by atoms with Crippen molar-refractivity contribution >= 4 is 33.1 Å². The molecule has 3 heterocycles. The van der Waals surface area contributed by atoms with E-state index in [1.165, 1.54) is 48.4 Å². The number of tetrazole rings is 1. The van der Waals surface area contributed by atoms with Gasteiger partial charge in [0.2, 0.25) is 5.88 Å². The number of hydrogen-bond acceptors (Lipinski definition) is 9. The molecule has 1 aromatic carbocycles. The normalized spacial score (nSPS) is 11.1. The van der Waals surface area contributed by atoms with Gasteiger partial charge in [0, 0.05) is 7.11 Å². The number of ether oxygens (including phenoxy) is 2. The summed E-state index contributed by atoms with van der Waals surface area (Å²) in [6.07, 6.45) is 0. The highest BCUT2D eigenvalue weighted by molar-refractivity contribution is 7.20. The fraction of sp³-hybridized carbons (Fsp3) is 0.263. The predicted molar refractivity (Wildman–Crippen MR) is 111 cm³/mol. The molecule has 3 aromatic heterocycles. The smallest absolute Gasteiger partial charge is 0.266 e. The second-order valence-electron chi connectivity index (χ2n) is 6.57. The number of halogens is 1. The molecule has 0 saturated heterocycles. The van der Waals surface area contributed by atoms with E-state index in [-0.39, 0.29) is 12.3 Å². The average molecular weight is 443 g/mol. The number of benzene rings is 1. The Hall–Kier alpha value is -3.51. The highest BCUT2D eigenvalue weighted by Gasteiger charge is 2.22. The third-order valence-corrected chi connectivity index (χ3v) is 5.73. The Labute approximate surface area is 180 Å². The molecule has 1 amide bonds. The van der Waals surface area contributed by atoms with Crippen LogP contribution in [0, 0.1) is 19.7 Å². The van der Waals surface area contributed by atoms with Gasteiger partial charge in [-0.1, -0.05) is 0 Å². The molecule has 0 spiro atoms. The van der Waals surface area contributed by atoms with Crippen LogP contribution in [0.25, 0.3) is 15.9 Å². The molecule has 0 unspecified atom stereocenters. The van der Waals surface area contributed by atoms with E-state index in [1.807, 2.05) is 0 Å². The summed E-state index contributed by atoms with van der Waals surface area (Å²) < 4.78 is 26.3. The highest BCUT2D eigenvalue weighted by atomic mass is 32.1. The summed E-state index contributed by atoms with van der Waals surface area (Å²) in [5.74, 6) is 0.270. The fourth-order valence-electron chi connectivity index (χ4n) is 3.09. The lowest BCUT2D eigenvalue weighted by molar-refractivity contribution is 0.102. The molecule has 160 valence electrons. The van der Waals surface area contributed by atoms with E-state index in [0.29, 0.717) is 43.9 Å². The second kappa shape index (κ2) is 8.32. The number of rotatable bonds is 6. The van der Waals surface area contributed by atoms with E-state index >= 15 is 0 Å². The molecule has 0 radical (unpaired) electrons. The Morgan fingerprint density at radius 2 is 2.06 bits per heavy atom. The maximum Gasteiger partial charge on any atom is 0.266 e. The standard InChI is InChI=1S/C19H18FN7O3S/c1-9-15-18(30-4)22-14(8-29-3)23-19(15)31-16(9)17(28)21-13-7-11(5-6-12(13)20)27-10(2)24-25-26-27/h5-7H,8H2,1-4H3,(H,21,28). The zero-order valence-corrected chi connectivity index (χ0v) is 17.9. The monoisotopic (exact) mass is 443 g/mol. The van der Waals surface area contributed by atoms with Crippen LogP contribution in [0.5, 0.6) is 5.88 Å². The molecule has 0 fully saturated rings. The summed E-state index contributed by atoms with van der Waals surface area (Å²) in [6.45, 7) is 3.70. The highest BCUT2D eigenvalue weighted by Crippen LogP contribution is 2.35. The number of hydrogen-bond donors (Lipinski definition) is 1. The molecular weight excluding hydrogens is 425 g/mol. The molecule has 10 nitrogen and oxygen atoms in total. The van der Waals surface area contributed by atoms with Gasteiger partial charge in [0.15, 0.2) is 11.6 Å². The second-order valence-corrected chi connectivity index (χ2v) is 7.57. The van der Waals surface area contributed by atoms with Crippen LogP contribution in [0.4, 0.5) is 10.1 Å². The number of nitrogens with one attached hydrogen (secondary N) is 1. The molecule has 31 heavy (non-hydrogen) atoms. The summed E-state index contributed by atoms with van der Waals surface area (Å²) in [7, 11) is 3.04. The average Bonchev–Trinajstić information content (AvgIpc) is 3.32. The Kier molecular flexibility index (Phi) is 5.57. The molecule has 0 aliphatic carbocycles. The number of carbonyl (C=O) groups excluding carboxylic acids is 1. The molecule has 0 aliphatic rings. The van der Waals surface area contributed by atoms with Crippen molar-refractivity contribution in [3.63, 3.8) is 0 Å². The summed E-state index contributed by atoms with van der Waals surface area (Å²) in [6, 6.07) is 4.24. The van der Waals surface area contributed by atoms with Crippen molar-refractivity contribution in [1.29, 1.82) is 0 Å². The van der Waals surface area contributed by atoms with E-state index in [0.717, 1.165) is 0 Å². The maximum atomic E-state index is 14.4. The number of aromatic nitrogens is 6. The largest absolute Gasteiger partial charge is 0.480 e. The van der Waals surface area contributed by atoms with Crippen molar-refractivity contribution < 1.29 is 18.7 Å². The van der Waals surface area contributed by atoms with Crippen LogP contribution in [0.15, 0.2) is 18.2 Å². The van der Waals surface area contributed by atoms with Gasteiger partial charge in [0.1, 0.15) is 17.3 Å². The van der Waals surface area contributed by atoms with Gasteiger partial charge in [-0.25, -0.2) is 9.37 Å². The van der Waals surface area contributed by atoms with E-state index < -0.39 is 11.7 Å². The molecule has 12 heteroatoms. The van der Waals surface area contributed by atoms with Crippen LogP contribution < -0.4 is 10.1 Å². The first-order valence-electron chi connectivity index (χ1n) is 9.12. The summed E-state index contributed by atoms with van der Waals surface area (Å²) in [5, 5.41) is 14.5. The minimum absolute atomic E-state index is 0.00683. The topological polar surface area (TPSA) is 117 Å². The van der Waals surface area contributed by atoms with Crippen molar-refractivity contribution in [3.05, 3.63) is 46.1 Å². The third kappa shape index (κ3) is 3.82. The van der Waals surface area contributed by atoms with Crippen LogP contribution in [-0.2, 0) is 11.3 Å². The third-order valence-electron chi connectivity index (χ3n) is 4.54. The van der Waals surface area contributed by atoms with E-state index in [4.69, 9.17) is 9.47 Å². The molecule has 0 aliphatic heterocycles. The summed E-state index contributed by atoms with van der Waals surface area (Å²) >= 11 is 1.17. The zero-order valence-electron chi connectivity index (χ0n) is 17.1. The van der Waals surface area contributed by atoms with Crippen molar-refractivity contribution in [3.8, 4) is 11.6 Å². The van der Waals surface area contributed by atoms with Crippen molar-refractivity contribution in [2.45, 2.75) is 20.5 Å². The molecule has 1 N–H and O–H groups in total. The minimum Gasteiger partial charge on any atom is -0.480 e. The minimum atomic E-state index is -0.582. The first-order valence-corrected chi connectivity index (χ1v) is 9.93. The first-order chi connectivity index (χ1) is 14.9. The SMILES string of the molecule is COCc1nc(OC)c2c(C)c(C(=O)Nc3cc(-n4nnnc4C)ccc3F)sc2n1. The van der Waals surface area contributed by atoms with Crippen LogP contribution in [0.1, 0.15) is 26.9 Å². The number of carbonyl (C=O) groups is 1. The number of amides is 1. The quantitative estimate of drug-likeness (QED) is 0.483. The predicted octanol–water partition coefficient (Wildman–Crippen LogP) is 2.83. The van der Waals surface area contributed by atoms with Crippen molar-refractivity contribution in [2.24, 2.45) is 0 Å². The number of nitrogens with zero attached hydrogens (tertiary/aromatic N) is 6. The van der Waals surface area contributed by atoms with Crippen LogP contribution in [-0.4, -0.2) is 50.3 Å². The molecular formula is C19H18FN7O3S. The number of thiophene rings is 1. The van der Waals surface area contributed by atoms with Gasteiger partial charge in [-0.2, -0.15) is 9.67 Å². The molecule has 4 rings (SSSR count). The molecule has 4 aromatic rings. The van der Waals surface area contributed by atoms with Crippen molar-refractivity contribution in [2.75, 3.05) is 19.5 Å². The Bertz CT molecular complexity index is 1290. The van der Waals surface area contributed by atoms with Gasteiger partial charge in [-0.3, -0.25) is 4.79 Å². The Balaban J connectivity index is 1.71. The lowest BCUT2D eigenvalue weighted by Crippen LogP contribution is -2.13. The Morgan fingerprint density at radius 3 is 2.74 bits per heavy atom. The van der Waals surface area contributed by atoms with Gasteiger partial charge in [-0.15, -0.1) is 16.4 Å². The zero-order chi connectivity index (χ0) is 22.1. The van der Waals surface area contributed by atoms with E-state index in [1.54, 1.807) is 13.8 Å². The van der Waals surface area contributed by atoms with Gasteiger partial charge < -0.3 is 14.8 Å². The summed E-state index contributed by atoms with van der Waals surface area (Å²) in [5.41, 5.74) is 1.17. The van der Waals surface area contributed by atoms with Gasteiger partial charge in [0.25, 0.3) is 5.91 Å². The first kappa shape index (κ1) is 20.8. The van der Waals surface area contributed by atoms with Crippen LogP contribution in [0.3, 0.4) is 0 Å². The molecule has 0 atom stereocenters. The molecule has 0 saturated carbocycles. The number of fused-ring (bicyclic) bond motifs is 1. The number of aryl methyl sites for hydroxylation is 2. The van der Waals surface area contributed by atoms with Crippen LogP contribution >= 0.6 is 11.3 Å². The van der Waals surface area contributed by atoms with E-state index in [2.05, 4.69) is 30.8 Å². The van der Waals surface area contributed by atoms with Gasteiger partial charge in [0.05, 0.1) is 28.7 Å². The fourth-order valence-corrected chi connectivity index (χ4v) is 4.18. The van der Waals surface area contributed by atoms with Crippen LogP contribution in [0.2, 0.25) is 0 Å². The van der Waals surface area contributed by atoms with Gasteiger partial charge >= 0.3 is 0 Å². The van der Waals surface area contributed by atoms with E-state index in [9.17, 15) is 9.18 Å². The lowest BCUT2D eigenvalue weighted by atomic mass is 10.2. The van der Waals surface area contributed by atoms with Gasteiger partial charge in [-0.05, 0) is 48.0 Å². The molecule has 0 bridgehead atoms. The lowest BCUT2D eigenvalue weighted by Gasteiger charge is -2.09. The Morgan fingerprint density at radius 1 is 1.26 bits per heavy atom.